The molecular weight excluding hydrogens is 391 g/mol. The predicted molar refractivity (Wildman–Crippen MR) is 97.9 cm³/mol. The van der Waals surface area contributed by atoms with E-state index in [-0.39, 0.29) is 0 Å². The minimum atomic E-state index is -0.679. The molecule has 0 aliphatic heterocycles. The van der Waals surface area contributed by atoms with E-state index in [9.17, 15) is 4.79 Å². The zero-order valence-electron chi connectivity index (χ0n) is 13.4. The fraction of sp³-hybridized carbons (Fsp3) is 0.389. The summed E-state index contributed by atoms with van der Waals surface area (Å²) in [6.07, 6.45) is 0.424. The average Bonchev–Trinajstić information content (AvgIpc) is 2.43. The Morgan fingerprint density at radius 3 is 2.41 bits per heavy atom. The highest BCUT2D eigenvalue weighted by Gasteiger charge is 2.18. The largest absolute Gasteiger partial charge is 0.514 e. The Labute approximate surface area is 145 Å². The topological polar surface area (TPSA) is 35.5 Å². The summed E-state index contributed by atoms with van der Waals surface area (Å²) in [6, 6.07) is 12.0. The minimum Gasteiger partial charge on any atom is -0.428 e. The van der Waals surface area contributed by atoms with Crippen molar-refractivity contribution in [2.45, 2.75) is 43.6 Å². The summed E-state index contributed by atoms with van der Waals surface area (Å²) in [6.45, 7) is 7.61. The molecule has 22 heavy (non-hydrogen) atoms. The van der Waals surface area contributed by atoms with Gasteiger partial charge in [0.1, 0.15) is 11.4 Å². The van der Waals surface area contributed by atoms with Crippen LogP contribution in [0, 0.1) is 0 Å². The van der Waals surface area contributed by atoms with Gasteiger partial charge < -0.3 is 9.47 Å². The second kappa shape index (κ2) is 6.86. The van der Waals surface area contributed by atoms with E-state index < -0.39 is 11.8 Å². The molecule has 2 rings (SSSR count). The fourth-order valence-electron chi connectivity index (χ4n) is 2.10. The molecule has 2 aromatic rings. The molecule has 0 fully saturated rings. The highest BCUT2D eigenvalue weighted by Crippen LogP contribution is 2.30. The molecular formula is C18H21IO3. The maximum atomic E-state index is 11.7. The summed E-state index contributed by atoms with van der Waals surface area (Å²) in [4.78, 5) is 11.7. The van der Waals surface area contributed by atoms with Crippen molar-refractivity contribution in [3.05, 3.63) is 42.0 Å². The average molecular weight is 412 g/mol. The van der Waals surface area contributed by atoms with E-state index in [1.54, 1.807) is 6.07 Å². The van der Waals surface area contributed by atoms with E-state index in [1.165, 1.54) is 5.56 Å². The van der Waals surface area contributed by atoms with E-state index in [1.807, 2.05) is 32.9 Å². The van der Waals surface area contributed by atoms with E-state index in [2.05, 4.69) is 47.7 Å². The summed E-state index contributed by atoms with van der Waals surface area (Å²) in [5, 5.41) is 2.19. The Morgan fingerprint density at radius 1 is 1.14 bits per heavy atom. The number of hydrogen-bond acceptors (Lipinski definition) is 3. The molecule has 0 heterocycles. The van der Waals surface area contributed by atoms with Gasteiger partial charge in [-0.3, -0.25) is 0 Å². The lowest BCUT2D eigenvalue weighted by molar-refractivity contribution is 0.0206. The molecule has 2 aromatic carbocycles. The third-order valence-electron chi connectivity index (χ3n) is 3.15. The van der Waals surface area contributed by atoms with E-state index >= 15 is 0 Å². The molecule has 0 aliphatic carbocycles. The van der Waals surface area contributed by atoms with Gasteiger partial charge >= 0.3 is 6.16 Å². The molecule has 0 spiro atoms. The normalized spacial score (nSPS) is 13.0. The second-order valence-electron chi connectivity index (χ2n) is 6.21. The maximum absolute atomic E-state index is 11.7. The molecule has 0 bridgehead atoms. The van der Waals surface area contributed by atoms with Crippen LogP contribution < -0.4 is 4.74 Å². The van der Waals surface area contributed by atoms with Crippen LogP contribution in [0.5, 0.6) is 5.75 Å². The van der Waals surface area contributed by atoms with Gasteiger partial charge in [-0.2, -0.15) is 0 Å². The standard InChI is InChI=1S/C18H21IO3/c1-5-16(19)14-7-6-13-11-15(9-8-12(13)10-14)21-17(20)22-18(2,3)4/h6-11,16H,5H2,1-4H3. The first-order chi connectivity index (χ1) is 10.3. The number of hydrogen-bond donors (Lipinski definition) is 0. The van der Waals surface area contributed by atoms with Gasteiger partial charge in [0.05, 0.1) is 0 Å². The first kappa shape index (κ1) is 17.1. The lowest BCUT2D eigenvalue weighted by Crippen LogP contribution is -2.25. The maximum Gasteiger partial charge on any atom is 0.514 e. The zero-order valence-corrected chi connectivity index (χ0v) is 15.5. The first-order valence-electron chi connectivity index (χ1n) is 7.37. The van der Waals surface area contributed by atoms with Crippen LogP contribution in [0.4, 0.5) is 4.79 Å². The Balaban J connectivity index is 2.19. The molecule has 1 atom stereocenters. The zero-order chi connectivity index (χ0) is 16.3. The van der Waals surface area contributed by atoms with Crippen molar-refractivity contribution in [1.82, 2.24) is 0 Å². The molecule has 3 nitrogen and oxygen atoms in total. The quantitative estimate of drug-likeness (QED) is 0.267. The predicted octanol–water partition coefficient (Wildman–Crippen LogP) is 6.04. The number of rotatable bonds is 3. The minimum absolute atomic E-state index is 0.496. The Kier molecular flexibility index (Phi) is 5.32. The molecule has 0 radical (unpaired) electrons. The number of benzene rings is 2. The van der Waals surface area contributed by atoms with Gasteiger partial charge in [0, 0.05) is 3.92 Å². The number of carbonyl (C=O) groups excluding carboxylic acids is 1. The van der Waals surface area contributed by atoms with Crippen LogP contribution in [-0.2, 0) is 4.74 Å². The molecule has 0 N–H and O–H groups in total. The summed E-state index contributed by atoms with van der Waals surface area (Å²) in [7, 11) is 0. The Hall–Kier alpha value is -1.30. The highest BCUT2D eigenvalue weighted by molar-refractivity contribution is 14.1. The molecule has 0 aromatic heterocycles. The van der Waals surface area contributed by atoms with Crippen LogP contribution in [-0.4, -0.2) is 11.8 Å². The smallest absolute Gasteiger partial charge is 0.428 e. The highest BCUT2D eigenvalue weighted by atomic mass is 127. The number of carbonyl (C=O) groups is 1. The summed E-state index contributed by atoms with van der Waals surface area (Å²) in [5.41, 5.74) is 0.759. The van der Waals surface area contributed by atoms with Crippen LogP contribution in [0.25, 0.3) is 10.8 Å². The number of fused-ring (bicyclic) bond motifs is 1. The second-order valence-corrected chi connectivity index (χ2v) is 7.71. The van der Waals surface area contributed by atoms with Crippen LogP contribution in [0.3, 0.4) is 0 Å². The van der Waals surface area contributed by atoms with Gasteiger partial charge in [-0.15, -0.1) is 0 Å². The van der Waals surface area contributed by atoms with Crippen molar-refractivity contribution in [2.24, 2.45) is 0 Å². The summed E-state index contributed by atoms with van der Waals surface area (Å²) < 4.78 is 10.9. The Bertz CT molecular complexity index is 674. The third kappa shape index (κ3) is 4.60. The van der Waals surface area contributed by atoms with E-state index in [0.717, 1.165) is 17.2 Å². The van der Waals surface area contributed by atoms with Crippen molar-refractivity contribution < 1.29 is 14.3 Å². The van der Waals surface area contributed by atoms with Gasteiger partial charge in [0.15, 0.2) is 0 Å². The first-order valence-corrected chi connectivity index (χ1v) is 8.61. The van der Waals surface area contributed by atoms with Gasteiger partial charge in [0.2, 0.25) is 0 Å². The van der Waals surface area contributed by atoms with Crippen LogP contribution >= 0.6 is 22.6 Å². The molecule has 4 heteroatoms. The van der Waals surface area contributed by atoms with Crippen molar-refractivity contribution >= 4 is 39.5 Å². The molecule has 0 saturated carbocycles. The van der Waals surface area contributed by atoms with Gasteiger partial charge in [-0.1, -0.05) is 53.8 Å². The van der Waals surface area contributed by atoms with Gasteiger partial charge in [-0.05, 0) is 55.7 Å². The van der Waals surface area contributed by atoms with Crippen molar-refractivity contribution in [3.8, 4) is 5.75 Å². The number of alkyl halides is 1. The molecule has 1 unspecified atom stereocenters. The summed E-state index contributed by atoms with van der Waals surface area (Å²) >= 11 is 2.45. The van der Waals surface area contributed by atoms with Crippen LogP contribution in [0.15, 0.2) is 36.4 Å². The van der Waals surface area contributed by atoms with Gasteiger partial charge in [0.25, 0.3) is 0 Å². The molecule has 118 valence electrons. The molecule has 0 amide bonds. The van der Waals surface area contributed by atoms with E-state index in [4.69, 9.17) is 9.47 Å². The van der Waals surface area contributed by atoms with Crippen molar-refractivity contribution in [3.63, 3.8) is 0 Å². The van der Waals surface area contributed by atoms with Gasteiger partial charge in [-0.25, -0.2) is 4.79 Å². The lowest BCUT2D eigenvalue weighted by atomic mass is 10.0. The number of ether oxygens (including phenoxy) is 2. The SMILES string of the molecule is CCC(I)c1ccc2cc(OC(=O)OC(C)(C)C)ccc2c1. The number of halogens is 1. The van der Waals surface area contributed by atoms with Crippen LogP contribution in [0.2, 0.25) is 0 Å². The third-order valence-corrected chi connectivity index (χ3v) is 4.75. The van der Waals surface area contributed by atoms with Crippen LogP contribution in [0.1, 0.15) is 43.6 Å². The van der Waals surface area contributed by atoms with Crippen molar-refractivity contribution in [2.75, 3.05) is 0 Å². The molecule has 0 aliphatic rings. The monoisotopic (exact) mass is 412 g/mol. The van der Waals surface area contributed by atoms with E-state index in [0.29, 0.717) is 9.67 Å². The van der Waals surface area contributed by atoms with Crippen molar-refractivity contribution in [1.29, 1.82) is 0 Å². The lowest BCUT2D eigenvalue weighted by Gasteiger charge is -2.18. The summed E-state index contributed by atoms with van der Waals surface area (Å²) in [5.74, 6) is 0.496. The molecule has 0 saturated heterocycles. The Morgan fingerprint density at radius 2 is 1.77 bits per heavy atom. The fourth-order valence-corrected chi connectivity index (χ4v) is 2.49.